The van der Waals surface area contributed by atoms with Gasteiger partial charge in [0.1, 0.15) is 5.75 Å². The average molecular weight is 354 g/mol. The first kappa shape index (κ1) is 16.7. The smallest absolute Gasteiger partial charge is 0.263 e. The van der Waals surface area contributed by atoms with E-state index in [1.165, 1.54) is 5.56 Å². The highest BCUT2D eigenvalue weighted by atomic mass is 16.7. The fourth-order valence-corrected chi connectivity index (χ4v) is 3.53. The van der Waals surface area contributed by atoms with Gasteiger partial charge in [-0.2, -0.15) is 0 Å². The molecular formula is C20H22N2O4. The van der Waals surface area contributed by atoms with Gasteiger partial charge in [0.05, 0.1) is 0 Å². The Hall–Kier alpha value is -2.76. The van der Waals surface area contributed by atoms with Crippen molar-refractivity contribution >= 4 is 5.91 Å². The zero-order valence-corrected chi connectivity index (χ0v) is 14.8. The van der Waals surface area contributed by atoms with Gasteiger partial charge < -0.3 is 19.1 Å². The minimum atomic E-state index is -0.534. The normalized spacial score (nSPS) is 17.8. The molecule has 0 spiro atoms. The van der Waals surface area contributed by atoms with Crippen molar-refractivity contribution in [2.45, 2.75) is 31.8 Å². The van der Waals surface area contributed by atoms with Gasteiger partial charge >= 0.3 is 0 Å². The quantitative estimate of drug-likeness (QED) is 0.845. The highest BCUT2D eigenvalue weighted by Crippen LogP contribution is 2.35. The molecule has 0 saturated carbocycles. The van der Waals surface area contributed by atoms with Crippen LogP contribution in [0.2, 0.25) is 0 Å². The first-order valence-electron chi connectivity index (χ1n) is 8.96. The van der Waals surface area contributed by atoms with Crippen molar-refractivity contribution < 1.29 is 19.0 Å². The summed E-state index contributed by atoms with van der Waals surface area (Å²) in [6, 6.07) is 9.49. The van der Waals surface area contributed by atoms with E-state index in [9.17, 15) is 4.79 Å². The van der Waals surface area contributed by atoms with Gasteiger partial charge in [-0.3, -0.25) is 9.78 Å². The number of carbonyl (C=O) groups excluding carboxylic acids is 1. The lowest BCUT2D eigenvalue weighted by Crippen LogP contribution is -2.44. The zero-order chi connectivity index (χ0) is 17.9. The van der Waals surface area contributed by atoms with E-state index in [1.54, 1.807) is 25.1 Å². The van der Waals surface area contributed by atoms with Crippen LogP contribution in [0.4, 0.5) is 0 Å². The maximum atomic E-state index is 12.7. The van der Waals surface area contributed by atoms with Crippen LogP contribution in [-0.2, 0) is 4.79 Å². The van der Waals surface area contributed by atoms with E-state index in [-0.39, 0.29) is 12.7 Å². The Morgan fingerprint density at radius 3 is 2.65 bits per heavy atom. The number of ether oxygens (including phenoxy) is 3. The number of nitrogens with zero attached hydrogens (tertiary/aromatic N) is 2. The van der Waals surface area contributed by atoms with Crippen LogP contribution in [0.15, 0.2) is 42.7 Å². The zero-order valence-electron chi connectivity index (χ0n) is 14.8. The summed E-state index contributed by atoms with van der Waals surface area (Å²) in [4.78, 5) is 18.7. The fraction of sp³-hybridized carbons (Fsp3) is 0.400. The predicted octanol–water partition coefficient (Wildman–Crippen LogP) is 2.98. The van der Waals surface area contributed by atoms with Gasteiger partial charge in [0.15, 0.2) is 17.6 Å². The molecule has 3 heterocycles. The number of rotatable bonds is 4. The summed E-state index contributed by atoms with van der Waals surface area (Å²) < 4.78 is 16.5. The van der Waals surface area contributed by atoms with Gasteiger partial charge in [-0.25, -0.2) is 0 Å². The molecule has 136 valence electrons. The van der Waals surface area contributed by atoms with Crippen LogP contribution in [0.1, 0.15) is 31.2 Å². The van der Waals surface area contributed by atoms with E-state index in [1.807, 2.05) is 17.3 Å². The van der Waals surface area contributed by atoms with Gasteiger partial charge in [0.25, 0.3) is 5.91 Å². The topological polar surface area (TPSA) is 60.9 Å². The molecular weight excluding hydrogens is 332 g/mol. The molecule has 1 fully saturated rings. The fourth-order valence-electron chi connectivity index (χ4n) is 3.53. The third-order valence-electron chi connectivity index (χ3n) is 4.99. The minimum absolute atomic E-state index is 0.0239. The molecule has 1 atom stereocenters. The highest BCUT2D eigenvalue weighted by molar-refractivity contribution is 5.81. The summed E-state index contributed by atoms with van der Waals surface area (Å²) in [6.45, 7) is 3.52. The molecule has 2 aliphatic heterocycles. The van der Waals surface area contributed by atoms with Crippen molar-refractivity contribution in [2.75, 3.05) is 19.9 Å². The van der Waals surface area contributed by atoms with Crippen LogP contribution in [0, 0.1) is 0 Å². The Kier molecular flexibility index (Phi) is 4.65. The molecule has 6 heteroatoms. The van der Waals surface area contributed by atoms with E-state index >= 15 is 0 Å². The van der Waals surface area contributed by atoms with Gasteiger partial charge in [-0.15, -0.1) is 0 Å². The maximum absolute atomic E-state index is 12.7. The van der Waals surface area contributed by atoms with Crippen molar-refractivity contribution in [3.05, 3.63) is 48.3 Å². The minimum Gasteiger partial charge on any atom is -0.481 e. The van der Waals surface area contributed by atoms with Gasteiger partial charge in [-0.1, -0.05) is 0 Å². The summed E-state index contributed by atoms with van der Waals surface area (Å²) in [7, 11) is 0. The summed E-state index contributed by atoms with van der Waals surface area (Å²) in [5, 5.41) is 0. The number of pyridine rings is 1. The molecule has 26 heavy (non-hydrogen) atoms. The highest BCUT2D eigenvalue weighted by Gasteiger charge is 2.28. The molecule has 1 aromatic heterocycles. The number of aromatic nitrogens is 1. The average Bonchev–Trinajstić information content (AvgIpc) is 3.16. The Labute approximate surface area is 152 Å². The number of carbonyl (C=O) groups is 1. The molecule has 4 rings (SSSR count). The Morgan fingerprint density at radius 1 is 1.15 bits per heavy atom. The number of hydrogen-bond acceptors (Lipinski definition) is 5. The largest absolute Gasteiger partial charge is 0.481 e. The standard InChI is InChI=1S/C20H22N2O4/c1-14(26-17-2-3-18-19(12-17)25-13-24-18)20(23)22-10-6-16(7-11-22)15-4-8-21-9-5-15/h2-5,8-9,12,14,16H,6-7,10-11,13H2,1H3/t14-/m1/s1. The van der Waals surface area contributed by atoms with Crippen LogP contribution in [0.5, 0.6) is 17.2 Å². The Morgan fingerprint density at radius 2 is 1.88 bits per heavy atom. The van der Waals surface area contributed by atoms with Crippen molar-refractivity contribution in [1.29, 1.82) is 0 Å². The van der Waals surface area contributed by atoms with E-state index in [0.29, 0.717) is 23.2 Å². The molecule has 0 N–H and O–H groups in total. The van der Waals surface area contributed by atoms with Crippen LogP contribution in [-0.4, -0.2) is 41.8 Å². The van der Waals surface area contributed by atoms with Gasteiger partial charge in [0, 0.05) is 31.5 Å². The molecule has 1 amide bonds. The summed E-state index contributed by atoms with van der Waals surface area (Å²) >= 11 is 0. The molecule has 0 unspecified atom stereocenters. The second kappa shape index (κ2) is 7.23. The molecule has 2 aliphatic rings. The van der Waals surface area contributed by atoms with Crippen LogP contribution >= 0.6 is 0 Å². The van der Waals surface area contributed by atoms with Gasteiger partial charge in [-0.05, 0) is 55.5 Å². The molecule has 1 aromatic carbocycles. The number of hydrogen-bond donors (Lipinski definition) is 0. The van der Waals surface area contributed by atoms with Crippen LogP contribution < -0.4 is 14.2 Å². The molecule has 1 saturated heterocycles. The Bertz CT molecular complexity index is 773. The predicted molar refractivity (Wildman–Crippen MR) is 95.4 cm³/mol. The first-order chi connectivity index (χ1) is 12.7. The molecule has 0 aliphatic carbocycles. The van der Waals surface area contributed by atoms with E-state index in [0.717, 1.165) is 25.9 Å². The van der Waals surface area contributed by atoms with E-state index < -0.39 is 6.10 Å². The molecule has 0 radical (unpaired) electrons. The lowest BCUT2D eigenvalue weighted by atomic mass is 9.90. The van der Waals surface area contributed by atoms with Gasteiger partial charge in [0.2, 0.25) is 6.79 Å². The van der Waals surface area contributed by atoms with E-state index in [2.05, 4.69) is 17.1 Å². The summed E-state index contributed by atoms with van der Waals surface area (Å²) in [5.41, 5.74) is 1.30. The van der Waals surface area contributed by atoms with Crippen molar-refractivity contribution in [2.24, 2.45) is 0 Å². The number of benzene rings is 1. The first-order valence-corrected chi connectivity index (χ1v) is 8.96. The number of amides is 1. The van der Waals surface area contributed by atoms with E-state index in [4.69, 9.17) is 14.2 Å². The summed E-state index contributed by atoms with van der Waals surface area (Å²) in [6.07, 6.45) is 5.05. The Balaban J connectivity index is 1.33. The SMILES string of the molecule is C[C@@H](Oc1ccc2c(c1)OCO2)C(=O)N1CCC(c2ccncc2)CC1. The molecule has 0 bridgehead atoms. The molecule has 2 aromatic rings. The van der Waals surface area contributed by atoms with Crippen molar-refractivity contribution in [1.82, 2.24) is 9.88 Å². The number of fused-ring (bicyclic) bond motifs is 1. The molecule has 6 nitrogen and oxygen atoms in total. The monoisotopic (exact) mass is 354 g/mol. The lowest BCUT2D eigenvalue weighted by Gasteiger charge is -2.33. The third kappa shape index (κ3) is 3.45. The number of likely N-dealkylation sites (tertiary alicyclic amines) is 1. The van der Waals surface area contributed by atoms with Crippen LogP contribution in [0.25, 0.3) is 0 Å². The maximum Gasteiger partial charge on any atom is 0.263 e. The van der Waals surface area contributed by atoms with Crippen LogP contribution in [0.3, 0.4) is 0 Å². The summed E-state index contributed by atoms with van der Waals surface area (Å²) in [5.74, 6) is 2.49. The lowest BCUT2D eigenvalue weighted by molar-refractivity contribution is -0.139. The number of piperidine rings is 1. The van der Waals surface area contributed by atoms with Crippen molar-refractivity contribution in [3.8, 4) is 17.2 Å². The third-order valence-corrected chi connectivity index (χ3v) is 4.99. The second-order valence-corrected chi connectivity index (χ2v) is 6.66. The second-order valence-electron chi connectivity index (χ2n) is 6.66. The van der Waals surface area contributed by atoms with Crippen molar-refractivity contribution in [3.63, 3.8) is 0 Å².